The number of esters is 1. The molecule has 5 nitrogen and oxygen atoms in total. The molecule has 0 amide bonds. The van der Waals surface area contributed by atoms with Crippen LogP contribution < -0.4 is 4.72 Å². The predicted molar refractivity (Wildman–Crippen MR) is 79.6 cm³/mol. The van der Waals surface area contributed by atoms with E-state index in [1.54, 1.807) is 26.2 Å². The van der Waals surface area contributed by atoms with Gasteiger partial charge in [-0.15, -0.1) is 0 Å². The minimum Gasteiger partial charge on any atom is -0.463 e. The van der Waals surface area contributed by atoms with Crippen LogP contribution in [0.3, 0.4) is 0 Å². The van der Waals surface area contributed by atoms with E-state index in [9.17, 15) is 17.6 Å². The van der Waals surface area contributed by atoms with Gasteiger partial charge in [0.1, 0.15) is 12.8 Å². The molecule has 1 N–H and O–H groups in total. The molecule has 0 spiro atoms. The fourth-order valence-corrected chi connectivity index (χ4v) is 4.54. The van der Waals surface area contributed by atoms with Crippen LogP contribution in [0.2, 0.25) is 0 Å². The molecule has 1 aromatic rings. The maximum absolute atomic E-state index is 13.7. The first-order valence-corrected chi connectivity index (χ1v) is 8.80. The van der Waals surface area contributed by atoms with Gasteiger partial charge < -0.3 is 4.74 Å². The van der Waals surface area contributed by atoms with Gasteiger partial charge in [0.25, 0.3) is 0 Å². The molecule has 0 saturated carbocycles. The lowest BCUT2D eigenvalue weighted by Crippen LogP contribution is -2.40. The van der Waals surface area contributed by atoms with Crippen LogP contribution in [0.4, 0.5) is 4.39 Å². The molecule has 8 heteroatoms. The Morgan fingerprint density at radius 3 is 2.57 bits per heavy atom. The van der Waals surface area contributed by atoms with Crippen LogP contribution in [0.1, 0.15) is 33.3 Å². The summed E-state index contributed by atoms with van der Waals surface area (Å²) in [6, 6.07) is 0. The number of alkyl halides is 1. The van der Waals surface area contributed by atoms with Crippen molar-refractivity contribution in [2.24, 2.45) is 0 Å². The van der Waals surface area contributed by atoms with Gasteiger partial charge in [-0.2, -0.15) is 11.3 Å². The van der Waals surface area contributed by atoms with Crippen molar-refractivity contribution in [3.8, 4) is 0 Å². The van der Waals surface area contributed by atoms with Crippen molar-refractivity contribution in [1.29, 1.82) is 0 Å². The SMILES string of the molecule is CC(=O)OCC(F)Cc1cscc1S(=O)(=O)NC(C)(C)C. The summed E-state index contributed by atoms with van der Waals surface area (Å²) >= 11 is 1.19. The van der Waals surface area contributed by atoms with E-state index in [0.29, 0.717) is 5.56 Å². The summed E-state index contributed by atoms with van der Waals surface area (Å²) in [6.07, 6.45) is -1.55. The van der Waals surface area contributed by atoms with Crippen LogP contribution in [-0.2, 0) is 26.0 Å². The highest BCUT2D eigenvalue weighted by Gasteiger charge is 2.26. The third-order valence-electron chi connectivity index (χ3n) is 2.34. The summed E-state index contributed by atoms with van der Waals surface area (Å²) in [4.78, 5) is 10.7. The Kier molecular flexibility index (Phi) is 5.89. The fourth-order valence-electron chi connectivity index (χ4n) is 1.66. The zero-order valence-electron chi connectivity index (χ0n) is 12.5. The van der Waals surface area contributed by atoms with Gasteiger partial charge in [0.05, 0.1) is 4.90 Å². The van der Waals surface area contributed by atoms with Gasteiger partial charge in [0.2, 0.25) is 10.0 Å². The molecular weight excluding hydrogens is 317 g/mol. The topological polar surface area (TPSA) is 72.5 Å². The van der Waals surface area contributed by atoms with Crippen LogP contribution in [-0.4, -0.2) is 32.7 Å². The maximum Gasteiger partial charge on any atom is 0.302 e. The van der Waals surface area contributed by atoms with Crippen molar-refractivity contribution in [1.82, 2.24) is 4.72 Å². The number of hydrogen-bond acceptors (Lipinski definition) is 5. The van der Waals surface area contributed by atoms with E-state index in [4.69, 9.17) is 0 Å². The molecule has 1 heterocycles. The molecule has 0 fully saturated rings. The van der Waals surface area contributed by atoms with E-state index >= 15 is 0 Å². The molecule has 0 bridgehead atoms. The number of hydrogen-bond donors (Lipinski definition) is 1. The Balaban J connectivity index is 2.84. The fraction of sp³-hybridized carbons (Fsp3) is 0.615. The zero-order valence-corrected chi connectivity index (χ0v) is 14.1. The van der Waals surface area contributed by atoms with Gasteiger partial charge in [0, 0.05) is 24.3 Å². The summed E-state index contributed by atoms with van der Waals surface area (Å²) in [5, 5.41) is 3.07. The molecule has 21 heavy (non-hydrogen) atoms. The van der Waals surface area contributed by atoms with Gasteiger partial charge in [0.15, 0.2) is 0 Å². The van der Waals surface area contributed by atoms with Crippen molar-refractivity contribution in [3.05, 3.63) is 16.3 Å². The van der Waals surface area contributed by atoms with Crippen LogP contribution in [0, 0.1) is 0 Å². The minimum absolute atomic E-state index is 0.0768. The molecule has 0 radical (unpaired) electrons. The molecule has 0 aliphatic carbocycles. The minimum atomic E-state index is -3.70. The van der Waals surface area contributed by atoms with Crippen LogP contribution in [0.25, 0.3) is 0 Å². The summed E-state index contributed by atoms with van der Waals surface area (Å²) in [5.41, 5.74) is -0.235. The van der Waals surface area contributed by atoms with Crippen molar-refractivity contribution in [3.63, 3.8) is 0 Å². The average Bonchev–Trinajstić information content (AvgIpc) is 2.72. The molecule has 0 aromatic carbocycles. The van der Waals surface area contributed by atoms with E-state index in [0.717, 1.165) is 0 Å². The molecule has 1 aromatic heterocycles. The molecule has 0 saturated heterocycles. The third kappa shape index (κ3) is 6.11. The van der Waals surface area contributed by atoms with Crippen molar-refractivity contribution in [2.75, 3.05) is 6.61 Å². The van der Waals surface area contributed by atoms with E-state index in [2.05, 4.69) is 9.46 Å². The first kappa shape index (κ1) is 18.1. The smallest absolute Gasteiger partial charge is 0.302 e. The first-order valence-electron chi connectivity index (χ1n) is 6.38. The van der Waals surface area contributed by atoms with Crippen molar-refractivity contribution in [2.45, 2.75) is 50.7 Å². The second kappa shape index (κ2) is 6.85. The number of thiophene rings is 1. The Bertz CT molecular complexity index is 590. The van der Waals surface area contributed by atoms with E-state index in [-0.39, 0.29) is 17.9 Å². The first-order chi connectivity index (χ1) is 9.51. The highest BCUT2D eigenvalue weighted by Crippen LogP contribution is 2.24. The van der Waals surface area contributed by atoms with Crippen molar-refractivity contribution < 1.29 is 22.3 Å². The standard InChI is InChI=1S/C13H20FNO4S2/c1-9(16)19-6-11(14)5-10-7-20-8-12(10)21(17,18)15-13(2,3)4/h7-8,11,15H,5-6H2,1-4H3. The Morgan fingerprint density at radius 1 is 1.43 bits per heavy atom. The largest absolute Gasteiger partial charge is 0.463 e. The quantitative estimate of drug-likeness (QED) is 0.808. The molecule has 0 aliphatic heterocycles. The lowest BCUT2D eigenvalue weighted by atomic mass is 10.1. The van der Waals surface area contributed by atoms with Gasteiger partial charge in [-0.05, 0) is 31.7 Å². The van der Waals surface area contributed by atoms with Gasteiger partial charge >= 0.3 is 5.97 Å². The normalized spacial score (nSPS) is 14.0. The molecule has 1 unspecified atom stereocenters. The van der Waals surface area contributed by atoms with Crippen LogP contribution >= 0.6 is 11.3 Å². The monoisotopic (exact) mass is 337 g/mol. The van der Waals surface area contributed by atoms with Crippen LogP contribution in [0.5, 0.6) is 0 Å². The number of rotatable bonds is 6. The number of carbonyl (C=O) groups is 1. The van der Waals surface area contributed by atoms with Crippen molar-refractivity contribution >= 4 is 27.3 Å². The average molecular weight is 337 g/mol. The number of carbonyl (C=O) groups excluding carboxylic acids is 1. The zero-order chi connectivity index (χ0) is 16.3. The Labute approximate surface area is 128 Å². The third-order valence-corrected chi connectivity index (χ3v) is 5.12. The second-order valence-electron chi connectivity index (χ2n) is 5.72. The number of ether oxygens (including phenoxy) is 1. The number of halogens is 1. The molecular formula is C13H20FNO4S2. The van der Waals surface area contributed by atoms with Gasteiger partial charge in [-0.25, -0.2) is 17.5 Å². The maximum atomic E-state index is 13.7. The highest BCUT2D eigenvalue weighted by molar-refractivity contribution is 7.89. The summed E-state index contributed by atoms with van der Waals surface area (Å²) in [5.74, 6) is -0.565. The number of sulfonamides is 1. The van der Waals surface area contributed by atoms with E-state index < -0.39 is 27.7 Å². The van der Waals surface area contributed by atoms with E-state index in [1.807, 2.05) is 0 Å². The molecule has 1 atom stereocenters. The molecule has 1 rings (SSSR count). The molecule has 0 aliphatic rings. The lowest BCUT2D eigenvalue weighted by Gasteiger charge is -2.20. The summed E-state index contributed by atoms with van der Waals surface area (Å²) in [7, 11) is -3.70. The van der Waals surface area contributed by atoms with Gasteiger partial charge in [-0.1, -0.05) is 0 Å². The Hall–Kier alpha value is -0.990. The summed E-state index contributed by atoms with van der Waals surface area (Å²) < 4.78 is 45.4. The highest BCUT2D eigenvalue weighted by atomic mass is 32.2. The summed E-state index contributed by atoms with van der Waals surface area (Å²) in [6.45, 7) is 6.01. The lowest BCUT2D eigenvalue weighted by molar-refractivity contribution is -0.142. The van der Waals surface area contributed by atoms with E-state index in [1.165, 1.54) is 23.6 Å². The Morgan fingerprint density at radius 2 is 2.05 bits per heavy atom. The van der Waals surface area contributed by atoms with Crippen LogP contribution in [0.15, 0.2) is 15.7 Å². The van der Waals surface area contributed by atoms with Gasteiger partial charge in [-0.3, -0.25) is 4.79 Å². The number of nitrogens with one attached hydrogen (secondary N) is 1. The second-order valence-corrected chi connectivity index (χ2v) is 8.12. The molecule has 120 valence electrons. The predicted octanol–water partition coefficient (Wildman–Crippen LogP) is 2.27.